The number of benzene rings is 7. The maximum atomic E-state index is 15.7. The van der Waals surface area contributed by atoms with Gasteiger partial charge in [-0.3, -0.25) is 0 Å². The van der Waals surface area contributed by atoms with E-state index in [1.807, 2.05) is 81.4 Å². The second-order valence-electron chi connectivity index (χ2n) is 14.2. The standard InChI is InChI=1S/C51H27F3N6/c1-28-6-9-33(45-13-31(24-55)12-39(26-57)49(45)52)20-42(28)36-16-37(43-21-34(10-7-29(43)2)46-14-32(25-56)15-48(60-5)51(46)54)18-38(17-36)44-22-35(11-8-30(44)3)47-23-41(59-4)19-40(27-58)50(47)53/h6-23H,1-3H3. The van der Waals surface area contributed by atoms with Gasteiger partial charge in [-0.2, -0.15) is 21.0 Å². The van der Waals surface area contributed by atoms with Gasteiger partial charge in [0.2, 0.25) is 5.69 Å². The van der Waals surface area contributed by atoms with E-state index >= 15 is 13.2 Å². The number of aryl methyl sites for hydroxylation is 3. The fraction of sp³-hybridized carbons (Fsp3) is 0.0588. The van der Waals surface area contributed by atoms with Gasteiger partial charge in [0.25, 0.3) is 0 Å². The minimum absolute atomic E-state index is 0.0798. The van der Waals surface area contributed by atoms with E-state index in [9.17, 15) is 21.0 Å². The number of hydrogen-bond donors (Lipinski definition) is 0. The van der Waals surface area contributed by atoms with E-state index in [-0.39, 0.29) is 50.3 Å². The van der Waals surface area contributed by atoms with Crippen LogP contribution in [-0.4, -0.2) is 0 Å². The summed E-state index contributed by atoms with van der Waals surface area (Å²) in [7, 11) is 0. The molecule has 6 nitrogen and oxygen atoms in total. The lowest BCUT2D eigenvalue weighted by molar-refractivity contribution is 0.627. The Balaban J connectivity index is 1.51. The molecule has 60 heavy (non-hydrogen) atoms. The zero-order valence-electron chi connectivity index (χ0n) is 32.2. The zero-order valence-corrected chi connectivity index (χ0v) is 32.2. The molecule has 0 saturated heterocycles. The highest BCUT2D eigenvalue weighted by Gasteiger charge is 2.20. The van der Waals surface area contributed by atoms with Gasteiger partial charge in [0.15, 0.2) is 5.69 Å². The third kappa shape index (κ3) is 7.20. The first kappa shape index (κ1) is 39.5. The lowest BCUT2D eigenvalue weighted by Crippen LogP contribution is -1.95. The van der Waals surface area contributed by atoms with Crippen LogP contribution in [0.4, 0.5) is 24.5 Å². The number of nitriles is 4. The molecule has 282 valence electrons. The Kier molecular flexibility index (Phi) is 10.5. The number of halogens is 3. The molecule has 7 aromatic rings. The van der Waals surface area contributed by atoms with Crippen LogP contribution in [0.1, 0.15) is 38.9 Å². The van der Waals surface area contributed by atoms with Crippen molar-refractivity contribution in [3.63, 3.8) is 0 Å². The monoisotopic (exact) mass is 780 g/mol. The van der Waals surface area contributed by atoms with Crippen molar-refractivity contribution in [1.29, 1.82) is 21.0 Å². The van der Waals surface area contributed by atoms with Crippen molar-refractivity contribution in [1.82, 2.24) is 0 Å². The quantitative estimate of drug-likeness (QED) is 0.157. The number of rotatable bonds is 6. The van der Waals surface area contributed by atoms with Gasteiger partial charge in [-0.25, -0.2) is 22.9 Å². The minimum Gasteiger partial charge on any atom is -0.238 e. The van der Waals surface area contributed by atoms with Crippen molar-refractivity contribution in [2.45, 2.75) is 20.8 Å². The normalized spacial score (nSPS) is 10.4. The molecule has 0 spiro atoms. The molecule has 0 N–H and O–H groups in total. The fourth-order valence-electron chi connectivity index (χ4n) is 7.31. The molecule has 0 aromatic heterocycles. The van der Waals surface area contributed by atoms with Crippen LogP contribution in [-0.2, 0) is 0 Å². The van der Waals surface area contributed by atoms with Crippen molar-refractivity contribution in [3.05, 3.63) is 188 Å². The molecule has 0 aliphatic heterocycles. The van der Waals surface area contributed by atoms with E-state index < -0.39 is 17.5 Å². The van der Waals surface area contributed by atoms with Crippen LogP contribution in [0.5, 0.6) is 0 Å². The van der Waals surface area contributed by atoms with Gasteiger partial charge in [-0.15, -0.1) is 0 Å². The van der Waals surface area contributed by atoms with Crippen molar-refractivity contribution < 1.29 is 13.2 Å². The van der Waals surface area contributed by atoms with E-state index in [0.717, 1.165) is 16.7 Å². The summed E-state index contributed by atoms with van der Waals surface area (Å²) in [6.07, 6.45) is 0. The molecule has 0 amide bonds. The molecular formula is C51H27F3N6. The molecule has 0 saturated carbocycles. The zero-order chi connectivity index (χ0) is 42.8. The molecule has 0 aliphatic carbocycles. The molecule has 0 atom stereocenters. The van der Waals surface area contributed by atoms with Gasteiger partial charge in [-0.05, 0) is 160 Å². The van der Waals surface area contributed by atoms with Crippen LogP contribution in [0.3, 0.4) is 0 Å². The highest BCUT2D eigenvalue weighted by Crippen LogP contribution is 2.42. The van der Waals surface area contributed by atoms with E-state index in [4.69, 9.17) is 13.1 Å². The van der Waals surface area contributed by atoms with Gasteiger partial charge in [-0.1, -0.05) is 36.4 Å². The van der Waals surface area contributed by atoms with Crippen LogP contribution in [0.15, 0.2) is 109 Å². The Bertz CT molecular complexity index is 2890. The van der Waals surface area contributed by atoms with E-state index in [0.29, 0.717) is 50.1 Å². The Hall–Kier alpha value is -8.73. The first-order valence-electron chi connectivity index (χ1n) is 18.3. The van der Waals surface area contributed by atoms with E-state index in [1.165, 1.54) is 36.4 Å². The lowest BCUT2D eigenvalue weighted by Gasteiger charge is -2.18. The fourth-order valence-corrected chi connectivity index (χ4v) is 7.31. The third-order valence-electron chi connectivity index (χ3n) is 10.4. The van der Waals surface area contributed by atoms with Crippen LogP contribution in [0.2, 0.25) is 0 Å². The maximum absolute atomic E-state index is 15.7. The second kappa shape index (κ2) is 16.0. The van der Waals surface area contributed by atoms with Crippen LogP contribution in [0.25, 0.3) is 76.5 Å². The van der Waals surface area contributed by atoms with Gasteiger partial charge in [0.1, 0.15) is 29.6 Å². The Morgan fingerprint density at radius 3 is 1.20 bits per heavy atom. The van der Waals surface area contributed by atoms with Gasteiger partial charge in [0.05, 0.1) is 42.0 Å². The van der Waals surface area contributed by atoms with Gasteiger partial charge < -0.3 is 0 Å². The SMILES string of the molecule is [C-]#[N+]c1cc(C#N)c(F)c(-c2ccc(C)c(-c3cc(-c4cc(-c5cc(C#N)cc(C#N)c5F)ccc4C)cc(-c4cc(-c5cc(C#N)cc([N+]#[C-])c5F)ccc4C)c3)c2)c1. The Morgan fingerprint density at radius 2 is 0.800 bits per heavy atom. The number of nitrogens with zero attached hydrogens (tertiary/aromatic N) is 6. The summed E-state index contributed by atoms with van der Waals surface area (Å²) in [6, 6.07) is 37.3. The second-order valence-corrected chi connectivity index (χ2v) is 14.2. The average Bonchev–Trinajstić information content (AvgIpc) is 3.27. The first-order valence-corrected chi connectivity index (χ1v) is 18.3. The molecule has 0 fully saturated rings. The smallest absolute Gasteiger partial charge is 0.224 e. The summed E-state index contributed by atoms with van der Waals surface area (Å²) in [5, 5.41) is 38.6. The molecule has 0 heterocycles. The van der Waals surface area contributed by atoms with E-state index in [2.05, 4.69) is 9.69 Å². The Morgan fingerprint density at radius 1 is 0.400 bits per heavy atom. The molecule has 9 heteroatoms. The minimum atomic E-state index is -0.760. The van der Waals surface area contributed by atoms with Gasteiger partial charge in [0, 0.05) is 22.3 Å². The van der Waals surface area contributed by atoms with Crippen molar-refractivity contribution in [2.75, 3.05) is 0 Å². The van der Waals surface area contributed by atoms with Crippen LogP contribution in [0, 0.1) is 96.7 Å². The van der Waals surface area contributed by atoms with E-state index in [1.54, 1.807) is 36.4 Å². The predicted molar refractivity (Wildman–Crippen MR) is 225 cm³/mol. The summed E-state index contributed by atoms with van der Waals surface area (Å²) < 4.78 is 47.2. The molecule has 0 radical (unpaired) electrons. The number of hydrogen-bond acceptors (Lipinski definition) is 4. The third-order valence-corrected chi connectivity index (χ3v) is 10.4. The molecule has 7 rings (SSSR count). The Labute approximate surface area is 344 Å². The van der Waals surface area contributed by atoms with Crippen LogP contribution < -0.4 is 0 Å². The summed E-state index contributed by atoms with van der Waals surface area (Å²) in [4.78, 5) is 6.73. The molecular weight excluding hydrogens is 754 g/mol. The molecule has 0 unspecified atom stereocenters. The summed E-state index contributed by atoms with van der Waals surface area (Å²) in [5.41, 5.74) is 7.75. The lowest BCUT2D eigenvalue weighted by atomic mass is 9.86. The summed E-state index contributed by atoms with van der Waals surface area (Å²) in [5.74, 6) is -2.27. The molecule has 0 bridgehead atoms. The highest BCUT2D eigenvalue weighted by atomic mass is 19.1. The maximum Gasteiger partial charge on any atom is 0.224 e. The average molecular weight is 781 g/mol. The molecule has 0 aliphatic rings. The summed E-state index contributed by atoms with van der Waals surface area (Å²) >= 11 is 0. The van der Waals surface area contributed by atoms with Crippen molar-refractivity contribution in [3.8, 4) is 91.0 Å². The van der Waals surface area contributed by atoms with Crippen LogP contribution >= 0.6 is 0 Å². The topological polar surface area (TPSA) is 104 Å². The largest absolute Gasteiger partial charge is 0.238 e. The first-order chi connectivity index (χ1) is 28.9. The molecule has 7 aromatic carbocycles. The van der Waals surface area contributed by atoms with Gasteiger partial charge >= 0.3 is 0 Å². The summed E-state index contributed by atoms with van der Waals surface area (Å²) in [6.45, 7) is 20.7. The predicted octanol–water partition coefficient (Wildman–Crippen LogP) is 13.6. The van der Waals surface area contributed by atoms with Crippen molar-refractivity contribution in [2.24, 2.45) is 0 Å². The highest BCUT2D eigenvalue weighted by molar-refractivity contribution is 5.88. The van der Waals surface area contributed by atoms with Crippen molar-refractivity contribution >= 4 is 11.4 Å².